The average molecular weight is 359 g/mol. The van der Waals surface area contributed by atoms with Crippen LogP contribution in [0.5, 0.6) is 11.5 Å². The predicted octanol–water partition coefficient (Wildman–Crippen LogP) is 3.70. The highest BCUT2D eigenvalue weighted by Crippen LogP contribution is 2.28. The number of phenolic OH excluding ortho intramolecular Hbond substituents is 2. The van der Waals surface area contributed by atoms with E-state index in [0.717, 1.165) is 17.7 Å². The number of phenols is 2. The molecule has 5 nitrogen and oxygen atoms in total. The molecule has 3 N–H and O–H groups in total. The van der Waals surface area contributed by atoms with E-state index in [1.165, 1.54) is 18.2 Å². The molecule has 3 aromatic rings. The normalized spacial score (nSPS) is 11.2. The van der Waals surface area contributed by atoms with Gasteiger partial charge in [-0.3, -0.25) is 4.72 Å². The lowest BCUT2D eigenvalue weighted by atomic mass is 10.1. The molecule has 7 heteroatoms. The van der Waals surface area contributed by atoms with Gasteiger partial charge in [-0.05, 0) is 47.5 Å². The highest BCUT2D eigenvalue weighted by molar-refractivity contribution is 7.92. The van der Waals surface area contributed by atoms with Gasteiger partial charge in [0.15, 0.2) is 11.5 Å². The van der Waals surface area contributed by atoms with E-state index in [9.17, 15) is 23.0 Å². The average Bonchev–Trinajstić information content (AvgIpc) is 2.57. The van der Waals surface area contributed by atoms with E-state index >= 15 is 0 Å². The van der Waals surface area contributed by atoms with Gasteiger partial charge >= 0.3 is 0 Å². The molecule has 3 rings (SSSR count). The van der Waals surface area contributed by atoms with Crippen LogP contribution < -0.4 is 4.72 Å². The number of halogens is 1. The molecule has 0 spiro atoms. The number of aromatic hydroxyl groups is 2. The summed E-state index contributed by atoms with van der Waals surface area (Å²) in [6.07, 6.45) is 0. The van der Waals surface area contributed by atoms with Gasteiger partial charge in [-0.15, -0.1) is 0 Å². The van der Waals surface area contributed by atoms with Crippen molar-refractivity contribution >= 4 is 15.7 Å². The second kappa shape index (κ2) is 6.45. The van der Waals surface area contributed by atoms with Crippen LogP contribution in [0.2, 0.25) is 0 Å². The minimum atomic E-state index is -3.92. The standard InChI is InChI=1S/C18H14FNO4S/c19-14-3-1-2-13(10-14)12-4-6-15(7-5-12)20-25(23,24)16-8-9-17(21)18(22)11-16/h1-11,20-22H. The Labute approximate surface area is 144 Å². The van der Waals surface area contributed by atoms with E-state index in [2.05, 4.69) is 4.72 Å². The van der Waals surface area contributed by atoms with Crippen molar-refractivity contribution in [2.24, 2.45) is 0 Å². The molecule has 128 valence electrons. The van der Waals surface area contributed by atoms with E-state index in [1.54, 1.807) is 36.4 Å². The van der Waals surface area contributed by atoms with Crippen LogP contribution >= 0.6 is 0 Å². The first-order valence-electron chi connectivity index (χ1n) is 7.26. The van der Waals surface area contributed by atoms with E-state index in [4.69, 9.17) is 0 Å². The topological polar surface area (TPSA) is 86.6 Å². The Morgan fingerprint density at radius 3 is 2.16 bits per heavy atom. The Balaban J connectivity index is 1.84. The smallest absolute Gasteiger partial charge is 0.262 e. The van der Waals surface area contributed by atoms with Crippen LogP contribution in [0.4, 0.5) is 10.1 Å². The molecular weight excluding hydrogens is 345 g/mol. The van der Waals surface area contributed by atoms with Gasteiger partial charge < -0.3 is 10.2 Å². The molecule has 0 heterocycles. The summed E-state index contributed by atoms with van der Waals surface area (Å²) in [4.78, 5) is -0.183. The van der Waals surface area contributed by atoms with Crippen LogP contribution in [0.15, 0.2) is 71.6 Å². The Kier molecular flexibility index (Phi) is 4.33. The number of hydrogen-bond acceptors (Lipinski definition) is 4. The molecule has 0 bridgehead atoms. The molecule has 0 aliphatic carbocycles. The second-order valence-electron chi connectivity index (χ2n) is 5.34. The van der Waals surface area contributed by atoms with E-state index in [-0.39, 0.29) is 10.7 Å². The number of anilines is 1. The third kappa shape index (κ3) is 3.72. The van der Waals surface area contributed by atoms with Crippen LogP contribution in [-0.4, -0.2) is 18.6 Å². The molecular formula is C18H14FNO4S. The van der Waals surface area contributed by atoms with Gasteiger partial charge in [0.25, 0.3) is 10.0 Å². The monoisotopic (exact) mass is 359 g/mol. The quantitative estimate of drug-likeness (QED) is 0.620. The summed E-state index contributed by atoms with van der Waals surface area (Å²) in [6.45, 7) is 0. The first-order chi connectivity index (χ1) is 11.8. The lowest BCUT2D eigenvalue weighted by Crippen LogP contribution is -2.12. The van der Waals surface area contributed by atoms with Gasteiger partial charge in [0.2, 0.25) is 0 Å². The molecule has 25 heavy (non-hydrogen) atoms. The van der Waals surface area contributed by atoms with Crippen molar-refractivity contribution in [1.82, 2.24) is 0 Å². The second-order valence-corrected chi connectivity index (χ2v) is 7.03. The summed E-state index contributed by atoms with van der Waals surface area (Å²) in [5.41, 5.74) is 1.73. The lowest BCUT2D eigenvalue weighted by molar-refractivity contribution is 0.402. The zero-order valence-corrected chi connectivity index (χ0v) is 13.7. The Hall–Kier alpha value is -3.06. The summed E-state index contributed by atoms with van der Waals surface area (Å²) < 4.78 is 40.3. The highest BCUT2D eigenvalue weighted by atomic mass is 32.2. The number of benzene rings is 3. The summed E-state index contributed by atoms with van der Waals surface area (Å²) >= 11 is 0. The van der Waals surface area contributed by atoms with Crippen LogP contribution in [0, 0.1) is 5.82 Å². The zero-order valence-electron chi connectivity index (χ0n) is 12.8. The Bertz CT molecular complexity index is 1020. The number of rotatable bonds is 4. The summed E-state index contributed by atoms with van der Waals surface area (Å²) in [5, 5.41) is 18.7. The maximum atomic E-state index is 13.3. The molecule has 3 aromatic carbocycles. The lowest BCUT2D eigenvalue weighted by Gasteiger charge is -2.10. The fraction of sp³-hybridized carbons (Fsp3) is 0. The van der Waals surface area contributed by atoms with Crippen molar-refractivity contribution in [2.45, 2.75) is 4.90 Å². The van der Waals surface area contributed by atoms with Crippen molar-refractivity contribution < 1.29 is 23.0 Å². The van der Waals surface area contributed by atoms with Gasteiger partial charge in [0.1, 0.15) is 5.82 Å². The van der Waals surface area contributed by atoms with Crippen molar-refractivity contribution in [3.05, 3.63) is 72.5 Å². The zero-order chi connectivity index (χ0) is 18.0. The molecule has 0 fully saturated rings. The van der Waals surface area contributed by atoms with Crippen LogP contribution in [0.25, 0.3) is 11.1 Å². The van der Waals surface area contributed by atoms with Gasteiger partial charge in [-0.2, -0.15) is 0 Å². The Morgan fingerprint density at radius 2 is 1.52 bits per heavy atom. The predicted molar refractivity (Wildman–Crippen MR) is 92.4 cm³/mol. The van der Waals surface area contributed by atoms with Crippen molar-refractivity contribution in [3.8, 4) is 22.6 Å². The molecule has 0 radical (unpaired) electrons. The molecule has 0 aliphatic heterocycles. The van der Waals surface area contributed by atoms with E-state index < -0.39 is 21.5 Å². The van der Waals surface area contributed by atoms with Gasteiger partial charge in [-0.1, -0.05) is 24.3 Å². The third-order valence-corrected chi connectivity index (χ3v) is 4.93. The minimum absolute atomic E-state index is 0.183. The summed E-state index contributed by atoms with van der Waals surface area (Å²) in [5.74, 6) is -1.28. The fourth-order valence-corrected chi connectivity index (χ4v) is 3.36. The first-order valence-corrected chi connectivity index (χ1v) is 8.74. The summed E-state index contributed by atoms with van der Waals surface area (Å²) in [7, 11) is -3.92. The molecule has 0 unspecified atom stereocenters. The highest BCUT2D eigenvalue weighted by Gasteiger charge is 2.16. The molecule has 0 aromatic heterocycles. The van der Waals surface area contributed by atoms with Crippen LogP contribution in [-0.2, 0) is 10.0 Å². The van der Waals surface area contributed by atoms with E-state index in [1.807, 2.05) is 0 Å². The van der Waals surface area contributed by atoms with Gasteiger partial charge in [0, 0.05) is 11.8 Å². The maximum Gasteiger partial charge on any atom is 0.262 e. The van der Waals surface area contributed by atoms with Crippen molar-refractivity contribution in [3.63, 3.8) is 0 Å². The maximum absolute atomic E-state index is 13.3. The number of nitrogens with one attached hydrogen (secondary N) is 1. The molecule has 0 atom stereocenters. The SMILES string of the molecule is O=S(=O)(Nc1ccc(-c2cccc(F)c2)cc1)c1ccc(O)c(O)c1. The van der Waals surface area contributed by atoms with Gasteiger partial charge in [-0.25, -0.2) is 12.8 Å². The molecule has 0 aliphatic rings. The van der Waals surface area contributed by atoms with Crippen LogP contribution in [0.1, 0.15) is 0 Å². The summed E-state index contributed by atoms with van der Waals surface area (Å²) in [6, 6.07) is 15.8. The first kappa shape index (κ1) is 16.8. The van der Waals surface area contributed by atoms with E-state index in [0.29, 0.717) is 11.3 Å². The van der Waals surface area contributed by atoms with Crippen molar-refractivity contribution in [1.29, 1.82) is 0 Å². The minimum Gasteiger partial charge on any atom is -0.504 e. The largest absolute Gasteiger partial charge is 0.504 e. The third-order valence-electron chi connectivity index (χ3n) is 3.55. The van der Waals surface area contributed by atoms with Crippen molar-refractivity contribution in [2.75, 3.05) is 4.72 Å². The molecule has 0 amide bonds. The van der Waals surface area contributed by atoms with Crippen LogP contribution in [0.3, 0.4) is 0 Å². The number of hydrogen-bond donors (Lipinski definition) is 3. The van der Waals surface area contributed by atoms with Gasteiger partial charge in [0.05, 0.1) is 4.90 Å². The number of sulfonamides is 1. The Morgan fingerprint density at radius 1 is 0.800 bits per heavy atom. The molecule has 0 saturated heterocycles. The fourth-order valence-electron chi connectivity index (χ4n) is 2.28. The molecule has 0 saturated carbocycles.